The van der Waals surface area contributed by atoms with Crippen molar-refractivity contribution in [3.63, 3.8) is 0 Å². The Hall–Kier alpha value is -1.53. The van der Waals surface area contributed by atoms with E-state index in [0.29, 0.717) is 0 Å². The van der Waals surface area contributed by atoms with Gasteiger partial charge in [0, 0.05) is 21.7 Å². The molecular formula is C25H45O6Ti-. The molecule has 1 rings (SSSR count). The monoisotopic (exact) mass is 489 g/mol. The van der Waals surface area contributed by atoms with Crippen molar-refractivity contribution in [2.45, 2.75) is 96.9 Å². The minimum Gasteiger partial charge on any atom is -0.481 e. The molecule has 0 atom stereocenters. The SMILES string of the molecule is CC(C)(C)C(=O)O.CC(C)(C)C(=O)O.CC(C)(C)C(=O)O.Cc1c(C)c(C)[c-](C)c1C.[Ti]. The van der Waals surface area contributed by atoms with Crippen molar-refractivity contribution < 1.29 is 51.4 Å². The van der Waals surface area contributed by atoms with Crippen LogP contribution in [0.1, 0.15) is 90.1 Å². The first kappa shape index (κ1) is 37.8. The average molecular weight is 489 g/mol. The van der Waals surface area contributed by atoms with Gasteiger partial charge in [-0.15, -0.1) is 0 Å². The van der Waals surface area contributed by atoms with Crippen LogP contribution in [0.4, 0.5) is 0 Å². The van der Waals surface area contributed by atoms with Crippen LogP contribution >= 0.6 is 0 Å². The van der Waals surface area contributed by atoms with Gasteiger partial charge >= 0.3 is 17.9 Å². The van der Waals surface area contributed by atoms with Crippen molar-refractivity contribution in [1.29, 1.82) is 0 Å². The van der Waals surface area contributed by atoms with Crippen LogP contribution in [0.15, 0.2) is 0 Å². The molecule has 6 nitrogen and oxygen atoms in total. The summed E-state index contributed by atoms with van der Waals surface area (Å²) in [6, 6.07) is 0. The summed E-state index contributed by atoms with van der Waals surface area (Å²) >= 11 is 0. The molecule has 1 aromatic rings. The third-order valence-corrected chi connectivity index (χ3v) is 4.74. The van der Waals surface area contributed by atoms with Crippen LogP contribution in [0.3, 0.4) is 0 Å². The average Bonchev–Trinajstić information content (AvgIpc) is 2.72. The fourth-order valence-electron chi connectivity index (χ4n) is 1.41. The van der Waals surface area contributed by atoms with Gasteiger partial charge in [0.15, 0.2) is 0 Å². The zero-order valence-corrected chi connectivity index (χ0v) is 24.1. The fourth-order valence-corrected chi connectivity index (χ4v) is 1.41. The Morgan fingerprint density at radius 1 is 0.562 bits per heavy atom. The first-order chi connectivity index (χ1) is 13.4. The second-order valence-electron chi connectivity index (χ2n) is 10.8. The molecule has 0 bridgehead atoms. The normalized spacial score (nSPS) is 10.7. The molecule has 32 heavy (non-hydrogen) atoms. The van der Waals surface area contributed by atoms with Crippen molar-refractivity contribution >= 4 is 17.9 Å². The number of carboxylic acids is 3. The molecule has 0 saturated heterocycles. The Kier molecular flexibility index (Phi) is 17.2. The van der Waals surface area contributed by atoms with Gasteiger partial charge in [0.2, 0.25) is 0 Å². The number of hydrogen-bond donors (Lipinski definition) is 3. The standard InChI is InChI=1S/C10H15.3C5H10O2.Ti/c1-6-7(2)9(4)10(5)8(6)3;3*1-5(2,3)4(6)7;/h1-5H3;3*1-3H3,(H,6,7);/q-1;;;;. The summed E-state index contributed by atoms with van der Waals surface area (Å²) in [7, 11) is 0. The summed E-state index contributed by atoms with van der Waals surface area (Å²) in [6.07, 6.45) is 0. The third kappa shape index (κ3) is 16.2. The minimum atomic E-state index is -0.757. The second kappa shape index (κ2) is 14.6. The van der Waals surface area contributed by atoms with E-state index in [2.05, 4.69) is 34.6 Å². The van der Waals surface area contributed by atoms with Crippen LogP contribution in [0.25, 0.3) is 0 Å². The zero-order chi connectivity index (χ0) is 26.1. The van der Waals surface area contributed by atoms with Gasteiger partial charge in [-0.3, -0.25) is 14.4 Å². The van der Waals surface area contributed by atoms with Gasteiger partial charge < -0.3 is 15.3 Å². The van der Waals surface area contributed by atoms with Crippen LogP contribution in [0, 0.1) is 50.9 Å². The van der Waals surface area contributed by atoms with Crippen LogP contribution in [-0.4, -0.2) is 33.2 Å². The Morgan fingerprint density at radius 3 is 0.719 bits per heavy atom. The van der Waals surface area contributed by atoms with Gasteiger partial charge in [-0.05, 0) is 62.3 Å². The molecule has 0 unspecified atom stereocenters. The molecule has 0 aliphatic rings. The molecule has 0 fully saturated rings. The van der Waals surface area contributed by atoms with Crippen LogP contribution < -0.4 is 0 Å². The van der Waals surface area contributed by atoms with E-state index in [1.165, 1.54) is 27.8 Å². The molecule has 0 radical (unpaired) electrons. The van der Waals surface area contributed by atoms with Crippen molar-refractivity contribution in [2.75, 3.05) is 0 Å². The number of rotatable bonds is 0. The molecule has 186 valence electrons. The molecule has 7 heteroatoms. The fraction of sp³-hybridized carbons (Fsp3) is 0.680. The molecule has 0 amide bonds. The predicted octanol–water partition coefficient (Wildman–Crippen LogP) is 6.30. The van der Waals surface area contributed by atoms with Crippen LogP contribution in [0.2, 0.25) is 0 Å². The molecule has 0 aliphatic heterocycles. The van der Waals surface area contributed by atoms with E-state index in [4.69, 9.17) is 15.3 Å². The molecule has 0 aromatic heterocycles. The second-order valence-corrected chi connectivity index (χ2v) is 10.8. The molecule has 0 spiro atoms. The van der Waals surface area contributed by atoms with E-state index in [1.54, 1.807) is 62.3 Å². The van der Waals surface area contributed by atoms with E-state index in [1.807, 2.05) is 0 Å². The molecule has 3 N–H and O–H groups in total. The maximum atomic E-state index is 10.0. The summed E-state index contributed by atoms with van der Waals surface area (Å²) < 4.78 is 0. The number of hydrogen-bond acceptors (Lipinski definition) is 3. The maximum Gasteiger partial charge on any atom is 0.308 e. The Balaban J connectivity index is -0.000000164. The predicted molar refractivity (Wildman–Crippen MR) is 127 cm³/mol. The van der Waals surface area contributed by atoms with Crippen molar-refractivity contribution in [3.05, 3.63) is 27.8 Å². The van der Waals surface area contributed by atoms with Gasteiger partial charge in [-0.25, -0.2) is 0 Å². The third-order valence-electron chi connectivity index (χ3n) is 4.74. The molecule has 0 heterocycles. The largest absolute Gasteiger partial charge is 0.481 e. The van der Waals surface area contributed by atoms with Crippen molar-refractivity contribution in [2.24, 2.45) is 16.2 Å². The van der Waals surface area contributed by atoms with E-state index >= 15 is 0 Å². The van der Waals surface area contributed by atoms with E-state index in [9.17, 15) is 14.4 Å². The van der Waals surface area contributed by atoms with Gasteiger partial charge in [0.05, 0.1) is 16.2 Å². The van der Waals surface area contributed by atoms with Gasteiger partial charge in [-0.2, -0.15) is 27.8 Å². The van der Waals surface area contributed by atoms with E-state index < -0.39 is 34.2 Å². The van der Waals surface area contributed by atoms with Crippen molar-refractivity contribution in [3.8, 4) is 0 Å². The van der Waals surface area contributed by atoms with Gasteiger partial charge in [0.25, 0.3) is 0 Å². The summed E-state index contributed by atoms with van der Waals surface area (Å²) in [4.78, 5) is 30.1. The quantitative estimate of drug-likeness (QED) is 0.291. The zero-order valence-electron chi connectivity index (χ0n) is 22.6. The minimum absolute atomic E-state index is 0. The smallest absolute Gasteiger partial charge is 0.308 e. The number of carboxylic acid groups (broad SMARTS) is 3. The Morgan fingerprint density at radius 2 is 0.688 bits per heavy atom. The summed E-state index contributed by atoms with van der Waals surface area (Å²) in [5, 5.41) is 24.8. The van der Waals surface area contributed by atoms with Crippen LogP contribution in [0.5, 0.6) is 0 Å². The first-order valence-corrected chi connectivity index (χ1v) is 10.3. The number of aliphatic carboxylic acids is 3. The topological polar surface area (TPSA) is 112 Å². The van der Waals surface area contributed by atoms with Crippen molar-refractivity contribution in [1.82, 2.24) is 0 Å². The molecule has 1 aromatic carbocycles. The van der Waals surface area contributed by atoms with Gasteiger partial charge in [-0.1, -0.05) is 34.6 Å². The number of carbonyl (C=O) groups is 3. The van der Waals surface area contributed by atoms with Gasteiger partial charge in [0.1, 0.15) is 0 Å². The summed E-state index contributed by atoms with van der Waals surface area (Å²) in [5.74, 6) is -2.27. The first-order valence-electron chi connectivity index (χ1n) is 10.3. The van der Waals surface area contributed by atoms with Crippen LogP contribution in [-0.2, 0) is 36.1 Å². The molecular weight excluding hydrogens is 444 g/mol. The van der Waals surface area contributed by atoms with E-state index in [-0.39, 0.29) is 21.7 Å². The Labute approximate surface area is 210 Å². The molecule has 0 saturated carbocycles. The summed E-state index contributed by atoms with van der Waals surface area (Å²) in [5.41, 5.74) is 5.59. The summed E-state index contributed by atoms with van der Waals surface area (Å²) in [6.45, 7) is 26.0. The Bertz CT molecular complexity index is 601. The molecule has 0 aliphatic carbocycles. The maximum absolute atomic E-state index is 10.0. The van der Waals surface area contributed by atoms with E-state index in [0.717, 1.165) is 0 Å².